The number of carbonyl (C=O) groups excluding carboxylic acids is 2. The number of hydrogen-bond acceptors (Lipinski definition) is 4. The van der Waals surface area contributed by atoms with Crippen molar-refractivity contribution in [3.05, 3.63) is 59.7 Å². The maximum atomic E-state index is 12.8. The van der Waals surface area contributed by atoms with Crippen LogP contribution in [0.25, 0.3) is 0 Å². The van der Waals surface area contributed by atoms with E-state index < -0.39 is 11.5 Å². The maximum absolute atomic E-state index is 12.8. The number of amides is 1. The van der Waals surface area contributed by atoms with Gasteiger partial charge < -0.3 is 14.7 Å². The molecule has 130 valence electrons. The predicted molar refractivity (Wildman–Crippen MR) is 94.9 cm³/mol. The summed E-state index contributed by atoms with van der Waals surface area (Å²) in [7, 11) is 1.55. The molecule has 0 fully saturated rings. The molecule has 0 radical (unpaired) electrons. The number of ether oxygens (including phenoxy) is 1. The second-order valence-corrected chi connectivity index (χ2v) is 6.16. The van der Waals surface area contributed by atoms with Gasteiger partial charge in [0.2, 0.25) is 0 Å². The molecule has 0 bridgehead atoms. The molecule has 5 nitrogen and oxygen atoms in total. The van der Waals surface area contributed by atoms with Crippen molar-refractivity contribution >= 4 is 17.4 Å². The van der Waals surface area contributed by atoms with Crippen molar-refractivity contribution < 1.29 is 19.4 Å². The largest absolute Gasteiger partial charge is 0.497 e. The van der Waals surface area contributed by atoms with E-state index in [4.69, 9.17) is 4.74 Å². The highest BCUT2D eigenvalue weighted by molar-refractivity contribution is 6.10. The summed E-state index contributed by atoms with van der Waals surface area (Å²) in [6.07, 6.45) is 0.484. The van der Waals surface area contributed by atoms with E-state index in [1.165, 1.54) is 0 Å². The number of benzene rings is 2. The first-order valence-electron chi connectivity index (χ1n) is 8.32. The van der Waals surface area contributed by atoms with Crippen LogP contribution in [0.3, 0.4) is 0 Å². The average Bonchev–Trinajstić information content (AvgIpc) is 2.84. The van der Waals surface area contributed by atoms with Crippen LogP contribution < -0.4 is 9.64 Å². The van der Waals surface area contributed by atoms with E-state index in [-0.39, 0.29) is 12.2 Å². The number of carbonyl (C=O) groups is 2. The Balaban J connectivity index is 1.92. The lowest BCUT2D eigenvalue weighted by molar-refractivity contribution is -0.135. The van der Waals surface area contributed by atoms with Gasteiger partial charge in [-0.3, -0.25) is 9.59 Å². The highest BCUT2D eigenvalue weighted by Crippen LogP contribution is 2.42. The van der Waals surface area contributed by atoms with Crippen LogP contribution in [0.4, 0.5) is 5.69 Å². The number of nitrogens with zero attached hydrogens (tertiary/aromatic N) is 1. The molecular formula is C20H21NO4. The number of fused-ring (bicyclic) bond motifs is 1. The predicted octanol–water partition coefficient (Wildman–Crippen LogP) is 2.91. The molecule has 3 rings (SSSR count). The highest BCUT2D eigenvalue weighted by atomic mass is 16.5. The minimum atomic E-state index is -1.82. The number of ketones is 1. The van der Waals surface area contributed by atoms with Crippen molar-refractivity contribution in [3.63, 3.8) is 0 Å². The van der Waals surface area contributed by atoms with Gasteiger partial charge in [-0.2, -0.15) is 0 Å². The number of aliphatic hydroxyl groups is 1. The molecule has 1 amide bonds. The third-order valence-corrected chi connectivity index (χ3v) is 4.51. The normalized spacial score (nSPS) is 19.0. The van der Waals surface area contributed by atoms with Gasteiger partial charge >= 0.3 is 0 Å². The van der Waals surface area contributed by atoms with Gasteiger partial charge in [-0.25, -0.2) is 0 Å². The van der Waals surface area contributed by atoms with Crippen LogP contribution >= 0.6 is 0 Å². The first-order valence-corrected chi connectivity index (χ1v) is 8.32. The number of methoxy groups -OCH3 is 1. The van der Waals surface area contributed by atoms with Crippen LogP contribution in [-0.2, 0) is 10.4 Å². The summed E-state index contributed by atoms with van der Waals surface area (Å²) in [6.45, 7) is 2.48. The van der Waals surface area contributed by atoms with Gasteiger partial charge in [0.15, 0.2) is 11.4 Å². The van der Waals surface area contributed by atoms with Crippen LogP contribution in [-0.4, -0.2) is 30.5 Å². The van der Waals surface area contributed by atoms with Gasteiger partial charge in [0.1, 0.15) is 5.75 Å². The SMILES string of the molecule is CCCN1C(=O)[C@](O)(CC(=O)c2ccc(OC)cc2)c2ccccc21. The number of hydrogen-bond donors (Lipinski definition) is 1. The second-order valence-electron chi connectivity index (χ2n) is 6.16. The molecule has 0 spiro atoms. The summed E-state index contributed by atoms with van der Waals surface area (Å²) in [5.74, 6) is -0.0734. The van der Waals surface area contributed by atoms with Crippen LogP contribution in [0.1, 0.15) is 35.7 Å². The van der Waals surface area contributed by atoms with E-state index in [0.717, 1.165) is 6.42 Å². The topological polar surface area (TPSA) is 66.8 Å². The fourth-order valence-electron chi connectivity index (χ4n) is 3.23. The van der Waals surface area contributed by atoms with E-state index >= 15 is 0 Å². The Morgan fingerprint density at radius 3 is 2.48 bits per heavy atom. The van der Waals surface area contributed by atoms with Gasteiger partial charge in [-0.05, 0) is 36.8 Å². The van der Waals surface area contributed by atoms with Gasteiger partial charge in [0, 0.05) is 17.7 Å². The molecule has 2 aromatic carbocycles. The second kappa shape index (κ2) is 6.69. The molecular weight excluding hydrogens is 318 g/mol. The van der Waals surface area contributed by atoms with Crippen LogP contribution in [0.15, 0.2) is 48.5 Å². The molecule has 25 heavy (non-hydrogen) atoms. The Hall–Kier alpha value is -2.66. The zero-order valence-electron chi connectivity index (χ0n) is 14.4. The summed E-state index contributed by atoms with van der Waals surface area (Å²) in [6, 6.07) is 13.8. The molecule has 1 atom stereocenters. The lowest BCUT2D eigenvalue weighted by Crippen LogP contribution is -2.42. The van der Waals surface area contributed by atoms with E-state index in [1.54, 1.807) is 54.5 Å². The molecule has 1 N–H and O–H groups in total. The minimum absolute atomic E-state index is 0.282. The van der Waals surface area contributed by atoms with Crippen molar-refractivity contribution in [3.8, 4) is 5.75 Å². The van der Waals surface area contributed by atoms with Gasteiger partial charge in [0.05, 0.1) is 19.2 Å². The first kappa shape index (κ1) is 17.2. The Bertz CT molecular complexity index is 800. The monoisotopic (exact) mass is 339 g/mol. The summed E-state index contributed by atoms with van der Waals surface area (Å²) in [5.41, 5.74) is -0.203. The summed E-state index contributed by atoms with van der Waals surface area (Å²) in [5, 5.41) is 11.1. The van der Waals surface area contributed by atoms with E-state index in [2.05, 4.69) is 0 Å². The molecule has 0 saturated carbocycles. The molecule has 0 unspecified atom stereocenters. The standard InChI is InChI=1S/C20H21NO4/c1-3-12-21-17-7-5-4-6-16(17)20(24,19(21)23)13-18(22)14-8-10-15(25-2)11-9-14/h4-11,24H,3,12-13H2,1-2H3/t20-/m0/s1. The molecule has 0 saturated heterocycles. The zero-order chi connectivity index (χ0) is 18.0. The first-order chi connectivity index (χ1) is 12.0. The molecule has 1 heterocycles. The van der Waals surface area contributed by atoms with E-state index in [9.17, 15) is 14.7 Å². The minimum Gasteiger partial charge on any atom is -0.497 e. The fraction of sp³-hybridized carbons (Fsp3) is 0.300. The summed E-state index contributed by atoms with van der Waals surface area (Å²) >= 11 is 0. The Morgan fingerprint density at radius 2 is 1.84 bits per heavy atom. The molecule has 5 heteroatoms. The third kappa shape index (κ3) is 2.91. The van der Waals surface area contributed by atoms with Gasteiger partial charge in [0.25, 0.3) is 5.91 Å². The van der Waals surface area contributed by atoms with Gasteiger partial charge in [-0.15, -0.1) is 0 Å². The lowest BCUT2D eigenvalue weighted by Gasteiger charge is -2.22. The number of rotatable bonds is 6. The van der Waals surface area contributed by atoms with Crippen molar-refractivity contribution in [1.82, 2.24) is 0 Å². The molecule has 0 aromatic heterocycles. The molecule has 1 aliphatic heterocycles. The van der Waals surface area contributed by atoms with Crippen LogP contribution in [0.2, 0.25) is 0 Å². The smallest absolute Gasteiger partial charge is 0.264 e. The van der Waals surface area contributed by atoms with Crippen LogP contribution in [0.5, 0.6) is 5.75 Å². The quantitative estimate of drug-likeness (QED) is 0.822. The molecule has 2 aromatic rings. The maximum Gasteiger partial charge on any atom is 0.264 e. The van der Waals surface area contributed by atoms with Crippen molar-refractivity contribution in [2.75, 3.05) is 18.6 Å². The van der Waals surface area contributed by atoms with Gasteiger partial charge in [-0.1, -0.05) is 25.1 Å². The molecule has 0 aliphatic carbocycles. The third-order valence-electron chi connectivity index (χ3n) is 4.51. The summed E-state index contributed by atoms with van der Waals surface area (Å²) < 4.78 is 5.09. The Morgan fingerprint density at radius 1 is 1.16 bits per heavy atom. The van der Waals surface area contributed by atoms with E-state index in [0.29, 0.717) is 29.1 Å². The molecule has 1 aliphatic rings. The number of para-hydroxylation sites is 1. The van der Waals surface area contributed by atoms with Crippen LogP contribution in [0, 0.1) is 0 Å². The van der Waals surface area contributed by atoms with E-state index in [1.807, 2.05) is 13.0 Å². The Labute approximate surface area is 146 Å². The highest BCUT2D eigenvalue weighted by Gasteiger charge is 2.50. The average molecular weight is 339 g/mol. The fourth-order valence-corrected chi connectivity index (χ4v) is 3.23. The van der Waals surface area contributed by atoms with Crippen molar-refractivity contribution in [2.24, 2.45) is 0 Å². The van der Waals surface area contributed by atoms with Crippen molar-refractivity contribution in [1.29, 1.82) is 0 Å². The zero-order valence-corrected chi connectivity index (χ0v) is 14.4. The Kier molecular flexibility index (Phi) is 4.59. The number of anilines is 1. The summed E-state index contributed by atoms with van der Waals surface area (Å²) in [4.78, 5) is 27.1. The number of Topliss-reactive ketones (excluding diaryl/α,β-unsaturated/α-hetero) is 1. The van der Waals surface area contributed by atoms with Crippen molar-refractivity contribution in [2.45, 2.75) is 25.4 Å². The lowest BCUT2D eigenvalue weighted by atomic mass is 9.88.